The van der Waals surface area contributed by atoms with E-state index < -0.39 is 0 Å². The molecule has 1 aromatic heterocycles. The summed E-state index contributed by atoms with van der Waals surface area (Å²) < 4.78 is 0. The number of amides is 2. The van der Waals surface area contributed by atoms with E-state index in [0.29, 0.717) is 6.54 Å². The van der Waals surface area contributed by atoms with Gasteiger partial charge in [0.05, 0.1) is 12.6 Å². The maximum atomic E-state index is 12.6. The second-order valence-corrected chi connectivity index (χ2v) is 7.31. The summed E-state index contributed by atoms with van der Waals surface area (Å²) in [6.07, 6.45) is 0. The summed E-state index contributed by atoms with van der Waals surface area (Å²) in [5, 5.41) is 4.84. The van der Waals surface area contributed by atoms with E-state index in [9.17, 15) is 9.59 Å². The molecule has 0 bridgehead atoms. The number of carbonyl (C=O) groups is 2. The molecule has 0 saturated carbocycles. The fourth-order valence-electron chi connectivity index (χ4n) is 2.42. The largest absolute Gasteiger partial charge is 0.335 e. The van der Waals surface area contributed by atoms with Crippen LogP contribution in [0.2, 0.25) is 0 Å². The van der Waals surface area contributed by atoms with Crippen LogP contribution in [0.5, 0.6) is 0 Å². The molecule has 5 nitrogen and oxygen atoms in total. The molecular formula is C19H25N3O2S. The van der Waals surface area contributed by atoms with E-state index in [0.717, 1.165) is 11.3 Å². The number of aryl methyl sites for hydroxylation is 1. The Morgan fingerprint density at radius 3 is 2.44 bits per heavy atom. The average molecular weight is 359 g/mol. The Balaban J connectivity index is 1.85. The van der Waals surface area contributed by atoms with Gasteiger partial charge in [0.2, 0.25) is 11.8 Å². The molecular weight excluding hydrogens is 334 g/mol. The smallest absolute Gasteiger partial charge is 0.243 e. The number of rotatable bonds is 7. The zero-order chi connectivity index (χ0) is 18.4. The third-order valence-electron chi connectivity index (χ3n) is 4.10. The summed E-state index contributed by atoms with van der Waals surface area (Å²) in [7, 11) is 3.58. The molecule has 1 aromatic carbocycles. The van der Waals surface area contributed by atoms with Gasteiger partial charge in [-0.15, -0.1) is 11.3 Å². The summed E-state index contributed by atoms with van der Waals surface area (Å²) in [5.41, 5.74) is 1.87. The zero-order valence-electron chi connectivity index (χ0n) is 15.2. The molecule has 0 unspecified atom stereocenters. The van der Waals surface area contributed by atoms with Crippen LogP contribution in [0.25, 0.3) is 0 Å². The van der Waals surface area contributed by atoms with Crippen molar-refractivity contribution in [3.05, 3.63) is 52.2 Å². The fraction of sp³-hybridized carbons (Fsp3) is 0.368. The minimum absolute atomic E-state index is 0.0316. The lowest BCUT2D eigenvalue weighted by Crippen LogP contribution is -2.46. The van der Waals surface area contributed by atoms with Crippen LogP contribution < -0.4 is 5.32 Å². The van der Waals surface area contributed by atoms with Crippen molar-refractivity contribution >= 4 is 28.8 Å². The molecule has 2 amide bonds. The summed E-state index contributed by atoms with van der Waals surface area (Å²) >= 11 is 1.67. The van der Waals surface area contributed by atoms with E-state index in [2.05, 4.69) is 11.4 Å². The molecule has 0 radical (unpaired) electrons. The van der Waals surface area contributed by atoms with Gasteiger partial charge in [-0.2, -0.15) is 0 Å². The van der Waals surface area contributed by atoms with Crippen LogP contribution in [0.3, 0.4) is 0 Å². The van der Waals surface area contributed by atoms with Crippen molar-refractivity contribution in [2.45, 2.75) is 26.4 Å². The number of nitrogens with one attached hydrogen (secondary N) is 1. The first-order valence-electron chi connectivity index (χ1n) is 8.21. The van der Waals surface area contributed by atoms with Crippen LogP contribution in [0.15, 0.2) is 41.8 Å². The first-order chi connectivity index (χ1) is 11.9. The first-order valence-corrected chi connectivity index (χ1v) is 9.09. The molecule has 1 heterocycles. The Labute approximate surface area is 153 Å². The van der Waals surface area contributed by atoms with Crippen molar-refractivity contribution < 1.29 is 9.59 Å². The van der Waals surface area contributed by atoms with Gasteiger partial charge in [0, 0.05) is 24.2 Å². The van der Waals surface area contributed by atoms with E-state index in [-0.39, 0.29) is 24.4 Å². The number of benzene rings is 1. The minimum atomic E-state index is -0.292. The quantitative estimate of drug-likeness (QED) is 0.827. The number of hydrogen-bond donors (Lipinski definition) is 1. The number of hydrogen-bond acceptors (Lipinski definition) is 4. The van der Waals surface area contributed by atoms with Gasteiger partial charge in [0.25, 0.3) is 0 Å². The lowest BCUT2D eigenvalue weighted by molar-refractivity contribution is -0.137. The van der Waals surface area contributed by atoms with Gasteiger partial charge in [-0.05, 0) is 44.5 Å². The molecule has 1 N–H and O–H groups in total. The monoisotopic (exact) mass is 359 g/mol. The maximum absolute atomic E-state index is 12.6. The van der Waals surface area contributed by atoms with Crippen LogP contribution in [-0.2, 0) is 16.1 Å². The first kappa shape index (κ1) is 19.1. The van der Waals surface area contributed by atoms with E-state index in [1.165, 1.54) is 9.78 Å². The van der Waals surface area contributed by atoms with Gasteiger partial charge in [-0.25, -0.2) is 0 Å². The van der Waals surface area contributed by atoms with Crippen LogP contribution in [0.1, 0.15) is 17.4 Å². The predicted molar refractivity (Wildman–Crippen MR) is 103 cm³/mol. The molecule has 134 valence electrons. The van der Waals surface area contributed by atoms with E-state index in [1.54, 1.807) is 18.4 Å². The normalized spacial score (nSPS) is 12.0. The molecule has 6 heteroatoms. The Kier molecular flexibility index (Phi) is 6.73. The van der Waals surface area contributed by atoms with Crippen molar-refractivity contribution in [1.29, 1.82) is 0 Å². The van der Waals surface area contributed by atoms with E-state index >= 15 is 0 Å². The SMILES string of the molecule is Cc1ccc(NC(=O)CN(C)C(=O)[C@H](C)N(C)Cc2cccs2)cc1. The van der Waals surface area contributed by atoms with Gasteiger partial charge < -0.3 is 10.2 Å². The Morgan fingerprint density at radius 2 is 1.84 bits per heavy atom. The van der Waals surface area contributed by atoms with E-state index in [1.807, 2.05) is 61.5 Å². The molecule has 2 rings (SSSR count). The number of anilines is 1. The maximum Gasteiger partial charge on any atom is 0.243 e. The summed E-state index contributed by atoms with van der Waals surface area (Å²) in [5.74, 6) is -0.272. The molecule has 0 aliphatic rings. The Hall–Kier alpha value is -2.18. The standard InChI is InChI=1S/C19H25N3O2S/c1-14-7-9-16(10-8-14)20-18(23)13-22(4)19(24)15(2)21(3)12-17-6-5-11-25-17/h5-11,15H,12-13H2,1-4H3,(H,20,23)/t15-/m0/s1. The van der Waals surface area contributed by atoms with Gasteiger partial charge in [0.1, 0.15) is 0 Å². The minimum Gasteiger partial charge on any atom is -0.335 e. The molecule has 0 aliphatic carbocycles. The molecule has 25 heavy (non-hydrogen) atoms. The van der Waals surface area contributed by atoms with Crippen LogP contribution >= 0.6 is 11.3 Å². The number of nitrogens with zero attached hydrogens (tertiary/aromatic N) is 2. The molecule has 1 atom stereocenters. The third-order valence-corrected chi connectivity index (χ3v) is 4.96. The zero-order valence-corrected chi connectivity index (χ0v) is 16.0. The topological polar surface area (TPSA) is 52.7 Å². The molecule has 2 aromatic rings. The van der Waals surface area contributed by atoms with Gasteiger partial charge in [-0.1, -0.05) is 23.8 Å². The number of carbonyl (C=O) groups excluding carboxylic acids is 2. The van der Waals surface area contributed by atoms with Crippen molar-refractivity contribution in [2.24, 2.45) is 0 Å². The van der Waals surface area contributed by atoms with E-state index in [4.69, 9.17) is 0 Å². The van der Waals surface area contributed by atoms with Gasteiger partial charge in [-0.3, -0.25) is 14.5 Å². The average Bonchev–Trinajstić information content (AvgIpc) is 3.08. The highest BCUT2D eigenvalue weighted by molar-refractivity contribution is 7.09. The lowest BCUT2D eigenvalue weighted by Gasteiger charge is -2.27. The molecule has 0 fully saturated rings. The lowest BCUT2D eigenvalue weighted by atomic mass is 10.2. The molecule has 0 spiro atoms. The fourth-order valence-corrected chi connectivity index (χ4v) is 3.19. The van der Waals surface area contributed by atoms with Crippen molar-refractivity contribution in [3.8, 4) is 0 Å². The highest BCUT2D eigenvalue weighted by Crippen LogP contribution is 2.13. The number of likely N-dealkylation sites (N-methyl/N-ethyl adjacent to an activating group) is 2. The molecule has 0 saturated heterocycles. The predicted octanol–water partition coefficient (Wildman–Crippen LogP) is 2.97. The summed E-state index contributed by atoms with van der Waals surface area (Å²) in [4.78, 5) is 29.4. The van der Waals surface area contributed by atoms with Crippen molar-refractivity contribution in [3.63, 3.8) is 0 Å². The Morgan fingerprint density at radius 1 is 1.16 bits per heavy atom. The van der Waals surface area contributed by atoms with Crippen LogP contribution in [-0.4, -0.2) is 48.3 Å². The summed E-state index contributed by atoms with van der Waals surface area (Å²) in [6.45, 7) is 4.61. The number of thiophene rings is 1. The van der Waals surface area contributed by atoms with Crippen molar-refractivity contribution in [2.75, 3.05) is 26.0 Å². The summed E-state index contributed by atoms with van der Waals surface area (Å²) in [6, 6.07) is 11.3. The highest BCUT2D eigenvalue weighted by Gasteiger charge is 2.23. The van der Waals surface area contributed by atoms with Crippen LogP contribution in [0.4, 0.5) is 5.69 Å². The second-order valence-electron chi connectivity index (χ2n) is 6.28. The third kappa shape index (κ3) is 5.69. The van der Waals surface area contributed by atoms with Gasteiger partial charge in [0.15, 0.2) is 0 Å². The second kappa shape index (κ2) is 8.78. The van der Waals surface area contributed by atoms with Crippen molar-refractivity contribution in [1.82, 2.24) is 9.80 Å². The van der Waals surface area contributed by atoms with Crippen LogP contribution in [0, 0.1) is 6.92 Å². The molecule has 0 aliphatic heterocycles. The van der Waals surface area contributed by atoms with Gasteiger partial charge >= 0.3 is 0 Å². The highest BCUT2D eigenvalue weighted by atomic mass is 32.1. The Bertz CT molecular complexity index is 698.